The van der Waals surface area contributed by atoms with Gasteiger partial charge in [-0.2, -0.15) is 0 Å². The number of amides is 3. The summed E-state index contributed by atoms with van der Waals surface area (Å²) in [5.74, 6) is 0.867. The van der Waals surface area contributed by atoms with Gasteiger partial charge >= 0.3 is 11.8 Å². The van der Waals surface area contributed by atoms with Crippen LogP contribution >= 0.6 is 21.6 Å². The van der Waals surface area contributed by atoms with Crippen LogP contribution in [0.2, 0.25) is 0 Å². The predicted octanol–water partition coefficient (Wildman–Crippen LogP) is 5.88. The van der Waals surface area contributed by atoms with Crippen LogP contribution in [0.15, 0.2) is 52.6 Å². The van der Waals surface area contributed by atoms with Gasteiger partial charge in [0.1, 0.15) is 6.61 Å². The van der Waals surface area contributed by atoms with Gasteiger partial charge in [-0.15, -0.1) is 0 Å². The zero-order valence-corrected chi connectivity index (χ0v) is 33.2. The van der Waals surface area contributed by atoms with Crippen molar-refractivity contribution >= 4 is 62.8 Å². The van der Waals surface area contributed by atoms with Crippen molar-refractivity contribution in [2.75, 3.05) is 52.0 Å². The molecule has 0 spiro atoms. The fraction of sp³-hybridized carbons (Fsp3) is 0.447. The zero-order chi connectivity index (χ0) is 40.2. The molecule has 1 N–H and O–H groups in total. The van der Waals surface area contributed by atoms with Crippen molar-refractivity contribution in [1.29, 1.82) is 0 Å². The minimum atomic E-state index is -1.42. The fourth-order valence-corrected chi connectivity index (χ4v) is 9.29. The highest BCUT2D eigenvalue weighted by Gasteiger charge is 2.45. The summed E-state index contributed by atoms with van der Waals surface area (Å²) in [6.07, 6.45) is 4.32. The molecule has 4 aliphatic rings. The highest BCUT2D eigenvalue weighted by molar-refractivity contribution is 8.77. The number of hydrogen-bond acceptors (Lipinski definition) is 15. The first-order valence-electron chi connectivity index (χ1n) is 18.5. The molecule has 3 amide bonds. The van der Waals surface area contributed by atoms with E-state index >= 15 is 0 Å². The maximum Gasteiger partial charge on any atom is 0.416 e. The van der Waals surface area contributed by atoms with Gasteiger partial charge in [-0.05, 0) is 61.6 Å². The third-order valence-corrected chi connectivity index (χ3v) is 12.9. The van der Waals surface area contributed by atoms with Crippen LogP contribution in [0.25, 0.3) is 0 Å². The Labute approximate surface area is 336 Å². The Morgan fingerprint density at radius 1 is 0.982 bits per heavy atom. The molecule has 17 nitrogen and oxygen atoms in total. The Hall–Kier alpha value is -5.27. The van der Waals surface area contributed by atoms with Crippen molar-refractivity contribution in [2.24, 2.45) is 4.99 Å². The van der Waals surface area contributed by atoms with Gasteiger partial charge in [0.05, 0.1) is 66.9 Å². The molecule has 0 bridgehead atoms. The first-order valence-corrected chi connectivity index (χ1v) is 20.7. The number of fused-ring (bicyclic) bond motifs is 4. The average molecular weight is 823 g/mol. The Bertz CT molecular complexity index is 2070. The van der Waals surface area contributed by atoms with Crippen molar-refractivity contribution in [2.45, 2.75) is 67.6 Å². The summed E-state index contributed by atoms with van der Waals surface area (Å²) in [5.41, 5.74) is 1.08. The molecule has 19 heteroatoms. The second-order valence-corrected chi connectivity index (χ2v) is 16.3. The van der Waals surface area contributed by atoms with E-state index < -0.39 is 23.3 Å². The summed E-state index contributed by atoms with van der Waals surface area (Å²) < 4.78 is 29.1. The third kappa shape index (κ3) is 8.26. The van der Waals surface area contributed by atoms with Gasteiger partial charge in [0.25, 0.3) is 11.8 Å². The molecule has 302 valence electrons. The summed E-state index contributed by atoms with van der Waals surface area (Å²) in [5, 5.41) is 22.9. The van der Waals surface area contributed by atoms with E-state index in [1.165, 1.54) is 55.5 Å². The number of aliphatic imine (C=N–C) groups is 1. The fourth-order valence-electron chi connectivity index (χ4n) is 7.27. The largest absolute Gasteiger partial charge is 0.493 e. The SMILES string of the molecule is COc1cc2c(cc1OCCCOc1cc3c(cc1OC)C(=O)N1CCC[C@H]1[C@H](O)N3C(=O)OC[C@@H](C)SSc1ncccc1[N+](=O)[O-])N=C[C@@H]1CCCN1C2=O. The number of carbonyl (C=O) groups is 3. The maximum atomic E-state index is 13.9. The van der Waals surface area contributed by atoms with E-state index in [1.54, 1.807) is 24.0 Å². The van der Waals surface area contributed by atoms with Crippen LogP contribution in [0.3, 0.4) is 0 Å². The Balaban J connectivity index is 1.03. The molecule has 2 aromatic carbocycles. The molecule has 5 heterocycles. The molecule has 0 unspecified atom stereocenters. The monoisotopic (exact) mass is 822 g/mol. The van der Waals surface area contributed by atoms with Crippen molar-refractivity contribution in [1.82, 2.24) is 14.8 Å². The first kappa shape index (κ1) is 39.9. The number of rotatable bonds is 14. The molecular formula is C38H42N6O11S2. The molecule has 7 rings (SSSR count). The van der Waals surface area contributed by atoms with Gasteiger partial charge in [-0.1, -0.05) is 10.8 Å². The highest BCUT2D eigenvalue weighted by Crippen LogP contribution is 2.43. The van der Waals surface area contributed by atoms with Gasteiger partial charge < -0.3 is 38.6 Å². The number of anilines is 1. The molecule has 4 atom stereocenters. The second kappa shape index (κ2) is 17.5. The topological polar surface area (TPSA) is 196 Å². The smallest absolute Gasteiger partial charge is 0.416 e. The number of methoxy groups -OCH3 is 2. The summed E-state index contributed by atoms with van der Waals surface area (Å²) in [7, 11) is 5.29. The van der Waals surface area contributed by atoms with E-state index in [-0.39, 0.29) is 76.4 Å². The lowest BCUT2D eigenvalue weighted by atomic mass is 10.1. The van der Waals surface area contributed by atoms with Gasteiger partial charge in [-0.25, -0.2) is 14.7 Å². The molecule has 4 aliphatic heterocycles. The van der Waals surface area contributed by atoms with Crippen LogP contribution < -0.4 is 23.8 Å². The molecule has 0 saturated carbocycles. The van der Waals surface area contributed by atoms with Crippen LogP contribution in [0.4, 0.5) is 21.9 Å². The number of aliphatic hydroxyl groups excluding tert-OH is 1. The van der Waals surface area contributed by atoms with Crippen LogP contribution in [-0.4, -0.2) is 120 Å². The molecule has 3 aromatic rings. The van der Waals surface area contributed by atoms with E-state index in [2.05, 4.69) is 9.98 Å². The molecule has 57 heavy (non-hydrogen) atoms. The van der Waals surface area contributed by atoms with E-state index in [0.717, 1.165) is 28.5 Å². The summed E-state index contributed by atoms with van der Waals surface area (Å²) >= 11 is 0. The van der Waals surface area contributed by atoms with Crippen LogP contribution in [0.5, 0.6) is 23.0 Å². The normalized spacial score (nSPS) is 20.1. The Morgan fingerprint density at radius 2 is 1.67 bits per heavy atom. The number of nitrogens with zero attached hydrogens (tertiary/aromatic N) is 6. The summed E-state index contributed by atoms with van der Waals surface area (Å²) in [6.45, 7) is 3.13. The Morgan fingerprint density at radius 3 is 2.40 bits per heavy atom. The van der Waals surface area contributed by atoms with Gasteiger partial charge in [0, 0.05) is 55.4 Å². The van der Waals surface area contributed by atoms with Crippen molar-refractivity contribution < 1.29 is 48.1 Å². The van der Waals surface area contributed by atoms with E-state index in [1.807, 2.05) is 11.1 Å². The van der Waals surface area contributed by atoms with E-state index in [0.29, 0.717) is 55.1 Å². The first-order chi connectivity index (χ1) is 27.6. The number of ether oxygens (including phenoxy) is 5. The predicted molar refractivity (Wildman–Crippen MR) is 211 cm³/mol. The molecule has 1 aromatic heterocycles. The lowest BCUT2D eigenvalue weighted by Crippen LogP contribution is -2.51. The summed E-state index contributed by atoms with van der Waals surface area (Å²) in [6, 6.07) is 8.51. The minimum Gasteiger partial charge on any atom is -0.493 e. The number of aliphatic hydroxyl groups is 1. The number of carbonyl (C=O) groups excluding carboxylic acids is 3. The minimum absolute atomic E-state index is 0.0245. The van der Waals surface area contributed by atoms with Crippen molar-refractivity contribution in [3.63, 3.8) is 0 Å². The average Bonchev–Trinajstić information content (AvgIpc) is 3.87. The third-order valence-electron chi connectivity index (χ3n) is 10.1. The lowest BCUT2D eigenvalue weighted by Gasteiger charge is -2.32. The number of benzene rings is 2. The van der Waals surface area contributed by atoms with Crippen LogP contribution in [0.1, 0.15) is 59.7 Å². The lowest BCUT2D eigenvalue weighted by molar-refractivity contribution is -0.388. The standard InChI is InChI=1S/C38H42N6O11S2/c1-22(56-57-34-27(44(49)50)9-4-11-39-34)21-55-38(48)43-29-19-33(31(52-3)17-25(29)36(46)42-13-6-10-28(42)37(43)47)54-15-7-14-53-32-18-26-24(16-30(32)51-2)35(45)41-12-5-8-23(41)20-40-26/h4,9,11,16-20,22-23,28,37,47H,5-8,10,12-15,21H2,1-3H3/t22-,23+,28+,37+/m1/s1. The molecule has 0 radical (unpaired) electrons. The molecule has 2 saturated heterocycles. The molecule has 0 aliphatic carbocycles. The van der Waals surface area contributed by atoms with E-state index in [9.17, 15) is 29.6 Å². The second-order valence-electron chi connectivity index (χ2n) is 13.7. The number of hydrogen-bond donors (Lipinski definition) is 1. The van der Waals surface area contributed by atoms with Crippen LogP contribution in [-0.2, 0) is 4.74 Å². The van der Waals surface area contributed by atoms with Gasteiger partial charge in [-0.3, -0.25) is 24.7 Å². The Kier molecular flexibility index (Phi) is 12.2. The van der Waals surface area contributed by atoms with Gasteiger partial charge in [0.15, 0.2) is 34.3 Å². The van der Waals surface area contributed by atoms with Crippen LogP contribution in [0, 0.1) is 10.1 Å². The van der Waals surface area contributed by atoms with Gasteiger partial charge in [0.2, 0.25) is 0 Å². The molecular weight excluding hydrogens is 781 g/mol. The zero-order valence-electron chi connectivity index (χ0n) is 31.5. The van der Waals surface area contributed by atoms with Crippen molar-refractivity contribution in [3.8, 4) is 23.0 Å². The quantitative estimate of drug-likeness (QED) is 0.0876. The number of pyridine rings is 1. The number of aromatic nitrogens is 1. The van der Waals surface area contributed by atoms with Crippen molar-refractivity contribution in [3.05, 3.63) is 63.8 Å². The van der Waals surface area contributed by atoms with E-state index in [4.69, 9.17) is 23.7 Å². The summed E-state index contributed by atoms with van der Waals surface area (Å²) in [4.78, 5) is 65.0. The molecule has 2 fully saturated rings. The highest BCUT2D eigenvalue weighted by atomic mass is 33.1. The maximum absolute atomic E-state index is 13.9. The number of nitro groups is 1.